The van der Waals surface area contributed by atoms with Crippen molar-refractivity contribution in [2.45, 2.75) is 26.3 Å². The SMILES string of the molecule is CC(C)C[C@@H]1NC(=O)c2ccccc2N(CC(=O)O)C1=O. The summed E-state index contributed by atoms with van der Waals surface area (Å²) >= 11 is 0. The van der Waals surface area contributed by atoms with E-state index in [0.717, 1.165) is 0 Å². The minimum absolute atomic E-state index is 0.201. The summed E-state index contributed by atoms with van der Waals surface area (Å²) in [5, 5.41) is 11.7. The van der Waals surface area contributed by atoms with E-state index >= 15 is 0 Å². The zero-order valence-electron chi connectivity index (χ0n) is 12.0. The summed E-state index contributed by atoms with van der Waals surface area (Å²) in [6.45, 7) is 3.43. The minimum atomic E-state index is -1.12. The molecule has 0 saturated heterocycles. The Kier molecular flexibility index (Phi) is 4.26. The normalized spacial score (nSPS) is 18.2. The monoisotopic (exact) mass is 290 g/mol. The molecule has 0 saturated carbocycles. The third-order valence-corrected chi connectivity index (χ3v) is 3.31. The smallest absolute Gasteiger partial charge is 0.323 e. The fraction of sp³-hybridized carbons (Fsp3) is 0.400. The Bertz CT molecular complexity index is 583. The van der Waals surface area contributed by atoms with E-state index in [0.29, 0.717) is 17.7 Å². The summed E-state index contributed by atoms with van der Waals surface area (Å²) < 4.78 is 0. The van der Waals surface area contributed by atoms with Crippen molar-refractivity contribution in [2.24, 2.45) is 5.92 Å². The first-order valence-electron chi connectivity index (χ1n) is 6.83. The average molecular weight is 290 g/mol. The topological polar surface area (TPSA) is 86.7 Å². The van der Waals surface area contributed by atoms with Crippen LogP contribution in [0.1, 0.15) is 30.6 Å². The molecule has 6 heteroatoms. The summed E-state index contributed by atoms with van der Waals surface area (Å²) in [5.74, 6) is -1.65. The number of benzene rings is 1. The first kappa shape index (κ1) is 15.0. The van der Waals surface area contributed by atoms with Gasteiger partial charge in [0.1, 0.15) is 12.6 Å². The number of carbonyl (C=O) groups is 3. The third kappa shape index (κ3) is 3.21. The van der Waals surface area contributed by atoms with E-state index in [1.54, 1.807) is 24.3 Å². The van der Waals surface area contributed by atoms with Gasteiger partial charge in [-0.3, -0.25) is 19.3 Å². The van der Waals surface area contributed by atoms with Crippen LogP contribution in [0.15, 0.2) is 24.3 Å². The van der Waals surface area contributed by atoms with Gasteiger partial charge in [0.2, 0.25) is 5.91 Å². The van der Waals surface area contributed by atoms with Crippen LogP contribution in [-0.4, -0.2) is 35.5 Å². The second-order valence-corrected chi connectivity index (χ2v) is 5.49. The molecule has 0 radical (unpaired) electrons. The molecule has 1 atom stereocenters. The van der Waals surface area contributed by atoms with Crippen LogP contribution < -0.4 is 10.2 Å². The number of rotatable bonds is 4. The van der Waals surface area contributed by atoms with Crippen molar-refractivity contribution in [2.75, 3.05) is 11.4 Å². The Labute approximate surface area is 122 Å². The van der Waals surface area contributed by atoms with Crippen molar-refractivity contribution in [3.8, 4) is 0 Å². The summed E-state index contributed by atoms with van der Waals surface area (Å²) in [4.78, 5) is 37.0. The highest BCUT2D eigenvalue weighted by atomic mass is 16.4. The Morgan fingerprint density at radius 1 is 1.33 bits per heavy atom. The van der Waals surface area contributed by atoms with Gasteiger partial charge in [0, 0.05) is 0 Å². The Balaban J connectivity index is 2.46. The van der Waals surface area contributed by atoms with Crippen LogP contribution in [-0.2, 0) is 9.59 Å². The minimum Gasteiger partial charge on any atom is -0.480 e. The molecule has 6 nitrogen and oxygen atoms in total. The molecule has 2 amide bonds. The maximum atomic E-state index is 12.6. The van der Waals surface area contributed by atoms with Gasteiger partial charge in [-0.15, -0.1) is 0 Å². The van der Waals surface area contributed by atoms with Crippen LogP contribution in [0.2, 0.25) is 0 Å². The number of anilines is 1. The molecule has 1 heterocycles. The molecule has 2 rings (SSSR count). The fourth-order valence-electron chi connectivity index (χ4n) is 2.44. The Morgan fingerprint density at radius 2 is 2.00 bits per heavy atom. The van der Waals surface area contributed by atoms with Crippen LogP contribution in [0.25, 0.3) is 0 Å². The van der Waals surface area contributed by atoms with Crippen LogP contribution in [0.4, 0.5) is 5.69 Å². The molecule has 21 heavy (non-hydrogen) atoms. The van der Waals surface area contributed by atoms with Crippen molar-refractivity contribution in [1.29, 1.82) is 0 Å². The lowest BCUT2D eigenvalue weighted by molar-refractivity contribution is -0.136. The largest absolute Gasteiger partial charge is 0.480 e. The molecule has 0 unspecified atom stereocenters. The highest BCUT2D eigenvalue weighted by molar-refractivity contribution is 6.12. The van der Waals surface area contributed by atoms with Gasteiger partial charge in [-0.1, -0.05) is 26.0 Å². The van der Waals surface area contributed by atoms with E-state index < -0.39 is 18.6 Å². The lowest BCUT2D eigenvalue weighted by atomic mass is 10.0. The molecule has 1 aromatic rings. The quantitative estimate of drug-likeness (QED) is 0.874. The molecule has 0 aliphatic carbocycles. The summed E-state index contributed by atoms with van der Waals surface area (Å²) in [5.41, 5.74) is 0.659. The van der Waals surface area contributed by atoms with Crippen molar-refractivity contribution in [3.05, 3.63) is 29.8 Å². The molecule has 1 aliphatic rings. The van der Waals surface area contributed by atoms with Crippen molar-refractivity contribution in [3.63, 3.8) is 0 Å². The molecular weight excluding hydrogens is 272 g/mol. The number of carbonyl (C=O) groups excluding carboxylic acids is 2. The van der Waals surface area contributed by atoms with E-state index in [1.807, 2.05) is 13.8 Å². The first-order valence-corrected chi connectivity index (χ1v) is 6.83. The number of para-hydroxylation sites is 1. The van der Waals surface area contributed by atoms with Crippen LogP contribution in [0, 0.1) is 5.92 Å². The molecule has 0 spiro atoms. The number of hydrogen-bond acceptors (Lipinski definition) is 3. The standard InChI is InChI=1S/C15H18N2O4/c1-9(2)7-11-15(21)17(8-13(18)19)12-6-4-3-5-10(12)14(20)16-11/h3-6,9,11H,7-8H2,1-2H3,(H,16,20)(H,18,19)/t11-/m0/s1. The van der Waals surface area contributed by atoms with E-state index in [2.05, 4.69) is 5.32 Å². The lowest BCUT2D eigenvalue weighted by Crippen LogP contribution is -2.47. The Morgan fingerprint density at radius 3 is 2.62 bits per heavy atom. The molecular formula is C15H18N2O4. The van der Waals surface area contributed by atoms with Gasteiger partial charge in [-0.2, -0.15) is 0 Å². The number of fused-ring (bicyclic) bond motifs is 1. The maximum Gasteiger partial charge on any atom is 0.323 e. The number of nitrogens with one attached hydrogen (secondary N) is 1. The predicted molar refractivity (Wildman–Crippen MR) is 77.1 cm³/mol. The molecule has 1 aliphatic heterocycles. The lowest BCUT2D eigenvalue weighted by Gasteiger charge is -2.24. The van der Waals surface area contributed by atoms with Crippen LogP contribution in [0.5, 0.6) is 0 Å². The summed E-state index contributed by atoms with van der Waals surface area (Å²) in [6.07, 6.45) is 0.467. The molecule has 1 aromatic carbocycles. The van der Waals surface area contributed by atoms with Gasteiger partial charge in [-0.05, 0) is 24.5 Å². The highest BCUT2D eigenvalue weighted by Crippen LogP contribution is 2.25. The first-order chi connectivity index (χ1) is 9.90. The molecule has 0 bridgehead atoms. The maximum absolute atomic E-state index is 12.6. The van der Waals surface area contributed by atoms with Gasteiger partial charge in [0.05, 0.1) is 11.3 Å². The van der Waals surface area contributed by atoms with E-state index in [-0.39, 0.29) is 17.7 Å². The van der Waals surface area contributed by atoms with E-state index in [1.165, 1.54) is 4.90 Å². The van der Waals surface area contributed by atoms with E-state index in [9.17, 15) is 14.4 Å². The van der Waals surface area contributed by atoms with Crippen molar-refractivity contribution >= 4 is 23.5 Å². The van der Waals surface area contributed by atoms with Crippen molar-refractivity contribution in [1.82, 2.24) is 5.32 Å². The second kappa shape index (κ2) is 5.95. The third-order valence-electron chi connectivity index (χ3n) is 3.31. The van der Waals surface area contributed by atoms with Gasteiger partial charge in [0.25, 0.3) is 5.91 Å². The molecule has 2 N–H and O–H groups in total. The second-order valence-electron chi connectivity index (χ2n) is 5.49. The number of amides is 2. The molecule has 112 valence electrons. The number of hydrogen-bond donors (Lipinski definition) is 2. The van der Waals surface area contributed by atoms with Gasteiger partial charge in [0.15, 0.2) is 0 Å². The average Bonchev–Trinajstić information content (AvgIpc) is 2.50. The van der Waals surface area contributed by atoms with Crippen molar-refractivity contribution < 1.29 is 19.5 Å². The molecule has 0 fully saturated rings. The fourth-order valence-corrected chi connectivity index (χ4v) is 2.44. The zero-order chi connectivity index (χ0) is 15.6. The summed E-state index contributed by atoms with van der Waals surface area (Å²) in [7, 11) is 0. The highest BCUT2D eigenvalue weighted by Gasteiger charge is 2.34. The zero-order valence-corrected chi connectivity index (χ0v) is 12.0. The van der Waals surface area contributed by atoms with Gasteiger partial charge in [-0.25, -0.2) is 0 Å². The summed E-state index contributed by atoms with van der Waals surface area (Å²) in [6, 6.07) is 5.84. The number of carboxylic acids is 1. The number of aliphatic carboxylic acids is 1. The molecule has 0 aromatic heterocycles. The number of carboxylic acid groups (broad SMARTS) is 1. The van der Waals surface area contributed by atoms with E-state index in [4.69, 9.17) is 5.11 Å². The number of nitrogens with zero attached hydrogens (tertiary/aromatic N) is 1. The predicted octanol–water partition coefficient (Wildman–Crippen LogP) is 1.26. The van der Waals surface area contributed by atoms with Gasteiger partial charge < -0.3 is 10.4 Å². The van der Waals surface area contributed by atoms with Gasteiger partial charge >= 0.3 is 5.97 Å². The van der Waals surface area contributed by atoms with Crippen LogP contribution in [0.3, 0.4) is 0 Å². The van der Waals surface area contributed by atoms with Crippen LogP contribution >= 0.6 is 0 Å². The Hall–Kier alpha value is -2.37.